The second-order valence-corrected chi connectivity index (χ2v) is 6.76. The summed E-state index contributed by atoms with van der Waals surface area (Å²) in [6.45, 7) is 8.61. The lowest BCUT2D eigenvalue weighted by Gasteiger charge is -2.29. The predicted molar refractivity (Wildman–Crippen MR) is 80.7 cm³/mol. The van der Waals surface area contributed by atoms with Crippen molar-refractivity contribution < 1.29 is 19.1 Å². The molecule has 1 aliphatic rings. The summed E-state index contributed by atoms with van der Waals surface area (Å²) < 4.78 is 5.44. The number of ether oxygens (including phenoxy) is 1. The van der Waals surface area contributed by atoms with E-state index in [1.165, 1.54) is 0 Å². The van der Waals surface area contributed by atoms with E-state index in [2.05, 4.69) is 0 Å². The summed E-state index contributed by atoms with van der Waals surface area (Å²) in [5.41, 5.74) is 0.209. The number of hydrogen-bond acceptors (Lipinski definition) is 4. The topological polar surface area (TPSA) is 63.7 Å². The second-order valence-electron chi connectivity index (χ2n) is 6.76. The normalized spacial score (nSPS) is 17.6. The molecule has 1 aromatic rings. The predicted octanol–water partition coefficient (Wildman–Crippen LogP) is 2.91. The Bertz CT molecular complexity index is 628. The van der Waals surface area contributed by atoms with Crippen molar-refractivity contribution in [2.45, 2.75) is 40.8 Å². The molecular formula is C17H21NO4. The maximum atomic E-state index is 12.6. The Kier molecular flexibility index (Phi) is 4.09. The van der Waals surface area contributed by atoms with E-state index in [1.54, 1.807) is 58.9 Å². The van der Waals surface area contributed by atoms with Gasteiger partial charge in [-0.3, -0.25) is 14.4 Å². The summed E-state index contributed by atoms with van der Waals surface area (Å²) in [6.07, 6.45) is -0.981. The zero-order valence-electron chi connectivity index (χ0n) is 13.5. The van der Waals surface area contributed by atoms with Crippen LogP contribution in [0.4, 0.5) is 0 Å². The Balaban J connectivity index is 2.46. The molecule has 2 amide bonds. The van der Waals surface area contributed by atoms with Gasteiger partial charge in [0.15, 0.2) is 0 Å². The summed E-state index contributed by atoms with van der Waals surface area (Å²) in [7, 11) is 0. The molecule has 0 saturated carbocycles. The standard InChI is InChI=1S/C17H21NO4/c1-10(2)15(20)22-14-12-9-7-6-8-11(12)13(19)18(14)16(21)17(3,4)5/h6-10,14H,1-5H3/t14-/m1/s1. The third-order valence-corrected chi connectivity index (χ3v) is 3.47. The number of nitrogens with zero attached hydrogens (tertiary/aromatic N) is 1. The van der Waals surface area contributed by atoms with Crippen LogP contribution in [0.25, 0.3) is 0 Å². The minimum atomic E-state index is -0.981. The van der Waals surface area contributed by atoms with Gasteiger partial charge in [-0.2, -0.15) is 0 Å². The fourth-order valence-corrected chi connectivity index (χ4v) is 2.20. The lowest BCUT2D eigenvalue weighted by molar-refractivity contribution is -0.166. The molecule has 5 nitrogen and oxygen atoms in total. The average Bonchev–Trinajstić information content (AvgIpc) is 2.70. The highest BCUT2D eigenvalue weighted by molar-refractivity contribution is 6.09. The third-order valence-electron chi connectivity index (χ3n) is 3.47. The quantitative estimate of drug-likeness (QED) is 0.788. The molecule has 0 aliphatic carbocycles. The molecule has 1 atom stereocenters. The molecular weight excluding hydrogens is 282 g/mol. The van der Waals surface area contributed by atoms with Gasteiger partial charge in [-0.25, -0.2) is 4.90 Å². The molecule has 5 heteroatoms. The minimum Gasteiger partial charge on any atom is -0.436 e. The third kappa shape index (κ3) is 2.75. The molecule has 0 spiro atoms. The van der Waals surface area contributed by atoms with Gasteiger partial charge in [-0.1, -0.05) is 52.8 Å². The molecule has 0 unspecified atom stereocenters. The number of fused-ring (bicyclic) bond motifs is 1. The first kappa shape index (κ1) is 16.2. The van der Waals surface area contributed by atoms with Crippen LogP contribution in [0.3, 0.4) is 0 Å². The van der Waals surface area contributed by atoms with E-state index in [0.29, 0.717) is 11.1 Å². The van der Waals surface area contributed by atoms with E-state index in [9.17, 15) is 14.4 Å². The molecule has 1 heterocycles. The van der Waals surface area contributed by atoms with E-state index >= 15 is 0 Å². The van der Waals surface area contributed by atoms with Crippen molar-refractivity contribution in [1.82, 2.24) is 4.90 Å². The Morgan fingerprint density at radius 1 is 1.18 bits per heavy atom. The van der Waals surface area contributed by atoms with Crippen molar-refractivity contribution in [2.75, 3.05) is 0 Å². The number of rotatable bonds is 2. The Morgan fingerprint density at radius 3 is 2.32 bits per heavy atom. The Hall–Kier alpha value is -2.17. The summed E-state index contributed by atoms with van der Waals surface area (Å²) in [4.78, 5) is 38.2. The van der Waals surface area contributed by atoms with Crippen LogP contribution in [-0.4, -0.2) is 22.7 Å². The van der Waals surface area contributed by atoms with Gasteiger partial charge in [0.25, 0.3) is 5.91 Å². The van der Waals surface area contributed by atoms with E-state index in [0.717, 1.165) is 4.90 Å². The van der Waals surface area contributed by atoms with Crippen LogP contribution in [0.1, 0.15) is 56.8 Å². The van der Waals surface area contributed by atoms with Gasteiger partial charge in [0, 0.05) is 16.5 Å². The van der Waals surface area contributed by atoms with Gasteiger partial charge in [-0.15, -0.1) is 0 Å². The first-order valence-corrected chi connectivity index (χ1v) is 7.32. The first-order chi connectivity index (χ1) is 10.1. The van der Waals surface area contributed by atoms with Crippen LogP contribution in [0.2, 0.25) is 0 Å². The van der Waals surface area contributed by atoms with Gasteiger partial charge in [0.05, 0.1) is 5.92 Å². The largest absolute Gasteiger partial charge is 0.436 e. The average molecular weight is 303 g/mol. The highest BCUT2D eigenvalue weighted by Crippen LogP contribution is 2.37. The van der Waals surface area contributed by atoms with Crippen molar-refractivity contribution in [3.8, 4) is 0 Å². The number of hydrogen-bond donors (Lipinski definition) is 0. The van der Waals surface area contributed by atoms with Gasteiger partial charge < -0.3 is 4.74 Å². The van der Waals surface area contributed by atoms with Crippen LogP contribution in [0, 0.1) is 11.3 Å². The van der Waals surface area contributed by atoms with E-state index in [4.69, 9.17) is 4.74 Å². The Labute approximate surface area is 130 Å². The van der Waals surface area contributed by atoms with Crippen molar-refractivity contribution in [1.29, 1.82) is 0 Å². The lowest BCUT2D eigenvalue weighted by atomic mass is 9.95. The molecule has 0 aromatic heterocycles. The molecule has 2 rings (SSSR count). The highest BCUT2D eigenvalue weighted by Gasteiger charge is 2.46. The van der Waals surface area contributed by atoms with Crippen LogP contribution in [-0.2, 0) is 14.3 Å². The van der Waals surface area contributed by atoms with Crippen LogP contribution in [0.5, 0.6) is 0 Å². The van der Waals surface area contributed by atoms with E-state index < -0.39 is 23.5 Å². The molecule has 1 aromatic carbocycles. The first-order valence-electron chi connectivity index (χ1n) is 7.32. The molecule has 1 aliphatic heterocycles. The summed E-state index contributed by atoms with van der Waals surface area (Å²) >= 11 is 0. The van der Waals surface area contributed by atoms with Crippen molar-refractivity contribution in [2.24, 2.45) is 11.3 Å². The fraction of sp³-hybridized carbons (Fsp3) is 0.471. The number of carbonyl (C=O) groups excluding carboxylic acids is 3. The van der Waals surface area contributed by atoms with Gasteiger partial charge in [0.2, 0.25) is 12.1 Å². The SMILES string of the molecule is CC(C)C(=O)O[C@@H]1c2ccccc2C(=O)N1C(=O)C(C)(C)C. The zero-order chi connectivity index (χ0) is 16.7. The van der Waals surface area contributed by atoms with Crippen molar-refractivity contribution in [3.63, 3.8) is 0 Å². The smallest absolute Gasteiger partial charge is 0.310 e. The highest BCUT2D eigenvalue weighted by atomic mass is 16.6. The molecule has 118 valence electrons. The van der Waals surface area contributed by atoms with Gasteiger partial charge >= 0.3 is 5.97 Å². The molecule has 0 saturated heterocycles. The minimum absolute atomic E-state index is 0.338. The van der Waals surface area contributed by atoms with Crippen LogP contribution < -0.4 is 0 Å². The number of carbonyl (C=O) groups is 3. The Morgan fingerprint density at radius 2 is 1.77 bits per heavy atom. The van der Waals surface area contributed by atoms with Crippen LogP contribution >= 0.6 is 0 Å². The van der Waals surface area contributed by atoms with Crippen molar-refractivity contribution >= 4 is 17.8 Å². The van der Waals surface area contributed by atoms with E-state index in [-0.39, 0.29) is 11.8 Å². The summed E-state index contributed by atoms with van der Waals surface area (Å²) in [5.74, 6) is -1.57. The summed E-state index contributed by atoms with van der Waals surface area (Å²) in [6, 6.07) is 6.84. The van der Waals surface area contributed by atoms with Gasteiger partial charge in [-0.05, 0) is 6.07 Å². The molecule has 0 radical (unpaired) electrons. The van der Waals surface area contributed by atoms with Crippen LogP contribution in [0.15, 0.2) is 24.3 Å². The molecule has 0 bridgehead atoms. The molecule has 22 heavy (non-hydrogen) atoms. The lowest BCUT2D eigenvalue weighted by Crippen LogP contribution is -2.43. The maximum absolute atomic E-state index is 12.6. The van der Waals surface area contributed by atoms with Crippen molar-refractivity contribution in [3.05, 3.63) is 35.4 Å². The summed E-state index contributed by atoms with van der Waals surface area (Å²) in [5, 5.41) is 0. The number of imide groups is 1. The number of esters is 1. The monoisotopic (exact) mass is 303 g/mol. The molecule has 0 N–H and O–H groups in total. The number of benzene rings is 1. The number of amides is 2. The maximum Gasteiger partial charge on any atom is 0.310 e. The molecule has 0 fully saturated rings. The van der Waals surface area contributed by atoms with Gasteiger partial charge in [0.1, 0.15) is 0 Å². The van der Waals surface area contributed by atoms with E-state index in [1.807, 2.05) is 0 Å². The second kappa shape index (κ2) is 5.55. The fourth-order valence-electron chi connectivity index (χ4n) is 2.20. The zero-order valence-corrected chi connectivity index (χ0v) is 13.5.